The van der Waals surface area contributed by atoms with Crippen molar-refractivity contribution < 1.29 is 0 Å². The zero-order valence-corrected chi connectivity index (χ0v) is 7.03. The third kappa shape index (κ3) is 1.48. The van der Waals surface area contributed by atoms with Gasteiger partial charge in [-0.15, -0.1) is 0 Å². The molecule has 0 saturated heterocycles. The van der Waals surface area contributed by atoms with Gasteiger partial charge in [-0.25, -0.2) is 4.98 Å². The normalized spacial score (nSPS) is 9.91. The van der Waals surface area contributed by atoms with Crippen LogP contribution in [0.5, 0.6) is 0 Å². The van der Waals surface area contributed by atoms with E-state index in [4.69, 9.17) is 23.7 Å². The van der Waals surface area contributed by atoms with Crippen LogP contribution in [0.4, 0.5) is 11.6 Å². The number of H-pyrrole nitrogens is 1. The van der Waals surface area contributed by atoms with E-state index in [2.05, 4.69) is 9.97 Å². The average Bonchev–Trinajstić information content (AvgIpc) is 1.85. The fourth-order valence-electron chi connectivity index (χ4n) is 0.905. The molecule has 4 nitrogen and oxygen atoms in total. The molecule has 0 saturated carbocycles. The maximum absolute atomic E-state index is 5.59. The van der Waals surface area contributed by atoms with E-state index in [1.807, 2.05) is 6.92 Å². The van der Waals surface area contributed by atoms with E-state index >= 15 is 0 Å². The van der Waals surface area contributed by atoms with Gasteiger partial charge >= 0.3 is 0 Å². The first-order chi connectivity index (χ1) is 5.15. The van der Waals surface area contributed by atoms with E-state index in [-0.39, 0.29) is 0 Å². The van der Waals surface area contributed by atoms with E-state index in [1.165, 1.54) is 0 Å². The predicted molar refractivity (Wildman–Crippen MR) is 47.6 cm³/mol. The lowest BCUT2D eigenvalue weighted by atomic mass is 10.2. The van der Waals surface area contributed by atoms with Crippen LogP contribution in [0.3, 0.4) is 0 Å². The summed E-state index contributed by atoms with van der Waals surface area (Å²) in [5, 5.41) is 0. The van der Waals surface area contributed by atoms with Crippen LogP contribution < -0.4 is 11.5 Å². The number of hydrogen-bond donors (Lipinski definition) is 3. The lowest BCUT2D eigenvalue weighted by Crippen LogP contribution is -2.04. The van der Waals surface area contributed by atoms with Crippen molar-refractivity contribution in [1.82, 2.24) is 9.97 Å². The Labute approximate surface area is 69.6 Å². The van der Waals surface area contributed by atoms with Gasteiger partial charge < -0.3 is 16.5 Å². The topological polar surface area (TPSA) is 80.7 Å². The van der Waals surface area contributed by atoms with Crippen molar-refractivity contribution in [3.63, 3.8) is 0 Å². The number of nitrogens with two attached hydrogens (primary N) is 2. The SMILES string of the molecule is CCc1c(N)nc(=S)[nH]c1N. The van der Waals surface area contributed by atoms with Crippen molar-refractivity contribution in [3.8, 4) is 0 Å². The second kappa shape index (κ2) is 2.87. The molecule has 1 rings (SSSR count). The fourth-order valence-corrected chi connectivity index (χ4v) is 1.11. The Kier molecular flexibility index (Phi) is 2.09. The van der Waals surface area contributed by atoms with Crippen molar-refractivity contribution in [1.29, 1.82) is 0 Å². The first kappa shape index (κ1) is 8.00. The Morgan fingerprint density at radius 3 is 2.64 bits per heavy atom. The Balaban J connectivity index is 3.36. The van der Waals surface area contributed by atoms with Gasteiger partial charge in [0.15, 0.2) is 4.77 Å². The van der Waals surface area contributed by atoms with Crippen LogP contribution in [0.25, 0.3) is 0 Å². The van der Waals surface area contributed by atoms with Crippen molar-refractivity contribution in [2.45, 2.75) is 13.3 Å². The molecule has 60 valence electrons. The van der Waals surface area contributed by atoms with Gasteiger partial charge in [0.05, 0.1) is 0 Å². The molecule has 0 unspecified atom stereocenters. The summed E-state index contributed by atoms with van der Waals surface area (Å²) in [5.74, 6) is 0.943. The number of nitrogens with zero attached hydrogens (tertiary/aromatic N) is 1. The minimum atomic E-state index is 0.331. The van der Waals surface area contributed by atoms with Gasteiger partial charge in [0.1, 0.15) is 11.6 Å². The first-order valence-electron chi connectivity index (χ1n) is 3.29. The van der Waals surface area contributed by atoms with Crippen LogP contribution >= 0.6 is 12.2 Å². The van der Waals surface area contributed by atoms with Crippen molar-refractivity contribution in [2.24, 2.45) is 0 Å². The highest BCUT2D eigenvalue weighted by molar-refractivity contribution is 7.71. The molecule has 0 amide bonds. The molecular formula is C6H10N4S. The monoisotopic (exact) mass is 170 g/mol. The van der Waals surface area contributed by atoms with Crippen LogP contribution in [0.1, 0.15) is 12.5 Å². The number of anilines is 2. The first-order valence-corrected chi connectivity index (χ1v) is 3.70. The highest BCUT2D eigenvalue weighted by Crippen LogP contribution is 2.14. The lowest BCUT2D eigenvalue weighted by Gasteiger charge is -2.04. The molecule has 0 atom stereocenters. The average molecular weight is 170 g/mol. The van der Waals surface area contributed by atoms with Crippen LogP contribution in [0, 0.1) is 4.77 Å². The van der Waals surface area contributed by atoms with Gasteiger partial charge in [-0.1, -0.05) is 6.92 Å². The smallest absolute Gasteiger partial charge is 0.200 e. The standard InChI is InChI=1S/C6H10N4S/c1-2-3-4(7)9-6(11)10-5(3)8/h2H2,1H3,(H5,7,8,9,10,11). The van der Waals surface area contributed by atoms with Gasteiger partial charge in [-0.3, -0.25) is 0 Å². The summed E-state index contributed by atoms with van der Waals surface area (Å²) in [5.41, 5.74) is 12.0. The second-order valence-electron chi connectivity index (χ2n) is 2.17. The number of nitrogens with one attached hydrogen (secondary N) is 1. The third-order valence-corrected chi connectivity index (χ3v) is 1.64. The van der Waals surface area contributed by atoms with Crippen molar-refractivity contribution in [3.05, 3.63) is 10.3 Å². The summed E-state index contributed by atoms with van der Waals surface area (Å²) in [4.78, 5) is 6.59. The summed E-state index contributed by atoms with van der Waals surface area (Å²) in [6.45, 7) is 1.96. The highest BCUT2D eigenvalue weighted by Gasteiger charge is 2.02. The Morgan fingerprint density at radius 2 is 2.18 bits per heavy atom. The van der Waals surface area contributed by atoms with E-state index in [1.54, 1.807) is 0 Å². The molecule has 0 aliphatic carbocycles. The van der Waals surface area contributed by atoms with Gasteiger partial charge in [-0.05, 0) is 18.6 Å². The summed E-state index contributed by atoms with van der Waals surface area (Å²) < 4.78 is 0.331. The van der Waals surface area contributed by atoms with Gasteiger partial charge in [0.25, 0.3) is 0 Å². The number of aromatic nitrogens is 2. The van der Waals surface area contributed by atoms with Crippen LogP contribution in [0.2, 0.25) is 0 Å². The molecule has 0 fully saturated rings. The van der Waals surface area contributed by atoms with Crippen LogP contribution in [0.15, 0.2) is 0 Å². The third-order valence-electron chi connectivity index (χ3n) is 1.45. The minimum Gasteiger partial charge on any atom is -0.385 e. The number of hydrogen-bond acceptors (Lipinski definition) is 4. The maximum atomic E-state index is 5.59. The molecule has 0 radical (unpaired) electrons. The molecule has 0 aromatic carbocycles. The summed E-state index contributed by atoms with van der Waals surface area (Å²) in [6.07, 6.45) is 0.761. The quantitative estimate of drug-likeness (QED) is 0.546. The molecule has 1 aromatic rings. The lowest BCUT2D eigenvalue weighted by molar-refractivity contribution is 1.05. The zero-order chi connectivity index (χ0) is 8.43. The zero-order valence-electron chi connectivity index (χ0n) is 6.22. The van der Waals surface area contributed by atoms with E-state index < -0.39 is 0 Å². The molecule has 0 spiro atoms. The molecular weight excluding hydrogens is 160 g/mol. The van der Waals surface area contributed by atoms with Gasteiger partial charge in [-0.2, -0.15) is 0 Å². The van der Waals surface area contributed by atoms with E-state index in [0.29, 0.717) is 16.4 Å². The molecule has 5 N–H and O–H groups in total. The minimum absolute atomic E-state index is 0.331. The summed E-state index contributed by atoms with van der Waals surface area (Å²) in [6, 6.07) is 0. The molecule has 5 heteroatoms. The second-order valence-corrected chi connectivity index (χ2v) is 2.56. The maximum Gasteiger partial charge on any atom is 0.200 e. The summed E-state index contributed by atoms with van der Waals surface area (Å²) >= 11 is 4.77. The van der Waals surface area contributed by atoms with Gasteiger partial charge in [0, 0.05) is 5.56 Å². The van der Waals surface area contributed by atoms with Crippen LogP contribution in [-0.4, -0.2) is 9.97 Å². The fraction of sp³-hybridized carbons (Fsp3) is 0.333. The molecule has 1 heterocycles. The Bertz CT molecular complexity index is 291. The largest absolute Gasteiger partial charge is 0.385 e. The molecule has 11 heavy (non-hydrogen) atoms. The summed E-state index contributed by atoms with van der Waals surface area (Å²) in [7, 11) is 0. The molecule has 0 aliphatic rings. The molecule has 0 aliphatic heterocycles. The Morgan fingerprint density at radius 1 is 1.55 bits per heavy atom. The predicted octanol–water partition coefficient (Wildman–Crippen LogP) is 0.866. The van der Waals surface area contributed by atoms with Crippen LogP contribution in [-0.2, 0) is 6.42 Å². The molecule has 1 aromatic heterocycles. The Hall–Kier alpha value is -1.10. The van der Waals surface area contributed by atoms with Crippen molar-refractivity contribution >= 4 is 23.9 Å². The number of nitrogen functional groups attached to an aromatic ring is 2. The van der Waals surface area contributed by atoms with E-state index in [9.17, 15) is 0 Å². The highest BCUT2D eigenvalue weighted by atomic mass is 32.1. The number of rotatable bonds is 1. The van der Waals surface area contributed by atoms with Gasteiger partial charge in [0.2, 0.25) is 0 Å². The number of aromatic amines is 1. The molecule has 0 bridgehead atoms. The van der Waals surface area contributed by atoms with Crippen molar-refractivity contribution in [2.75, 3.05) is 11.5 Å². The van der Waals surface area contributed by atoms with E-state index in [0.717, 1.165) is 12.0 Å².